The van der Waals surface area contributed by atoms with E-state index in [0.717, 1.165) is 5.75 Å². The first-order valence-electron chi connectivity index (χ1n) is 6.76. The molecule has 1 fully saturated rings. The van der Waals surface area contributed by atoms with Crippen LogP contribution in [-0.2, 0) is 0 Å². The molecule has 0 saturated carbocycles. The first-order valence-corrected chi connectivity index (χ1v) is 8.29. The number of thioether (sulfide) groups is 1. The highest BCUT2D eigenvalue weighted by Crippen LogP contribution is 2.27. The summed E-state index contributed by atoms with van der Waals surface area (Å²) in [6.07, 6.45) is 2.34. The van der Waals surface area contributed by atoms with E-state index in [0.29, 0.717) is 22.9 Å². The molecule has 3 rings (SSSR count). The zero-order chi connectivity index (χ0) is 15.6. The predicted octanol–water partition coefficient (Wildman–Crippen LogP) is 2.65. The van der Waals surface area contributed by atoms with Crippen molar-refractivity contribution in [2.75, 3.05) is 11.5 Å². The largest absolute Gasteiger partial charge is 0.332 e. The maximum Gasteiger partial charge on any atom is 0.273 e. The van der Waals surface area contributed by atoms with E-state index >= 15 is 0 Å². The number of nitriles is 1. The number of carbonyl (C=O) groups is 1. The second kappa shape index (κ2) is 6.03. The van der Waals surface area contributed by atoms with Crippen molar-refractivity contribution in [2.45, 2.75) is 12.0 Å². The Balaban J connectivity index is 1.81. The summed E-state index contributed by atoms with van der Waals surface area (Å²) in [5, 5.41) is 16.9. The maximum atomic E-state index is 12.3. The van der Waals surface area contributed by atoms with E-state index in [-0.39, 0.29) is 11.6 Å². The molecule has 0 aliphatic carbocycles. The highest BCUT2D eigenvalue weighted by Gasteiger charge is 2.36. The minimum Gasteiger partial charge on any atom is -0.332 e. The Kier molecular flexibility index (Phi) is 4.10. The highest BCUT2D eigenvalue weighted by molar-refractivity contribution is 7.99. The first kappa shape index (κ1) is 14.9. The minimum atomic E-state index is -0.782. The van der Waals surface area contributed by atoms with E-state index in [1.807, 2.05) is 18.2 Å². The number of halogens is 1. The van der Waals surface area contributed by atoms with E-state index in [1.54, 1.807) is 34.8 Å². The molecule has 1 aliphatic rings. The number of para-hydroxylation sites is 1. The van der Waals surface area contributed by atoms with Gasteiger partial charge in [-0.25, -0.2) is 4.68 Å². The summed E-state index contributed by atoms with van der Waals surface area (Å²) in [5.41, 5.74) is 0.191. The molecule has 2 aromatic rings. The van der Waals surface area contributed by atoms with Crippen molar-refractivity contribution in [3.63, 3.8) is 0 Å². The van der Waals surface area contributed by atoms with Gasteiger partial charge in [-0.3, -0.25) is 4.79 Å². The van der Waals surface area contributed by atoms with Gasteiger partial charge in [-0.2, -0.15) is 22.1 Å². The molecule has 1 N–H and O–H groups in total. The fourth-order valence-electron chi connectivity index (χ4n) is 2.28. The van der Waals surface area contributed by atoms with Gasteiger partial charge in [0, 0.05) is 11.9 Å². The summed E-state index contributed by atoms with van der Waals surface area (Å²) in [4.78, 5) is 12.3. The van der Waals surface area contributed by atoms with Gasteiger partial charge in [0.1, 0.15) is 5.54 Å². The van der Waals surface area contributed by atoms with Gasteiger partial charge in [0.25, 0.3) is 5.91 Å². The van der Waals surface area contributed by atoms with Crippen molar-refractivity contribution in [3.05, 3.63) is 47.2 Å². The predicted molar refractivity (Wildman–Crippen MR) is 86.3 cm³/mol. The Morgan fingerprint density at radius 3 is 2.95 bits per heavy atom. The van der Waals surface area contributed by atoms with Crippen molar-refractivity contribution >= 4 is 29.3 Å². The molecule has 2 heterocycles. The molecular weight excluding hydrogens is 320 g/mol. The number of nitrogens with one attached hydrogen (secondary N) is 1. The van der Waals surface area contributed by atoms with E-state index < -0.39 is 5.54 Å². The topological polar surface area (TPSA) is 70.7 Å². The molecule has 1 unspecified atom stereocenters. The van der Waals surface area contributed by atoms with Crippen LogP contribution >= 0.6 is 23.4 Å². The molecule has 5 nitrogen and oxygen atoms in total. The monoisotopic (exact) mass is 332 g/mol. The third kappa shape index (κ3) is 2.82. The number of hydrogen-bond acceptors (Lipinski definition) is 4. The standard InChI is InChI=1S/C15H13ClN4OS/c16-11-3-1-2-4-13(11)20-7-5-12(19-20)14(21)18-15(9-17)6-8-22-10-15/h1-5,7H,6,8,10H2,(H,18,21). The summed E-state index contributed by atoms with van der Waals surface area (Å²) < 4.78 is 1.56. The van der Waals surface area contributed by atoms with Gasteiger partial charge in [-0.05, 0) is 30.4 Å². The van der Waals surface area contributed by atoms with Crippen molar-refractivity contribution in [2.24, 2.45) is 0 Å². The van der Waals surface area contributed by atoms with Crippen LogP contribution in [0, 0.1) is 11.3 Å². The van der Waals surface area contributed by atoms with Crippen LogP contribution < -0.4 is 5.32 Å². The lowest BCUT2D eigenvalue weighted by Crippen LogP contribution is -2.47. The van der Waals surface area contributed by atoms with Gasteiger partial charge in [0.05, 0.1) is 16.8 Å². The molecule has 0 spiro atoms. The SMILES string of the molecule is N#CC1(NC(=O)c2ccn(-c3ccccc3Cl)n2)CCSC1. The van der Waals surface area contributed by atoms with Crippen LogP contribution in [-0.4, -0.2) is 32.7 Å². The number of rotatable bonds is 3. The fourth-order valence-corrected chi connectivity index (χ4v) is 3.77. The van der Waals surface area contributed by atoms with Crippen LogP contribution in [0.2, 0.25) is 5.02 Å². The lowest BCUT2D eigenvalue weighted by Gasteiger charge is -2.20. The van der Waals surface area contributed by atoms with Gasteiger partial charge in [-0.1, -0.05) is 23.7 Å². The Hall–Kier alpha value is -1.97. The van der Waals surface area contributed by atoms with Gasteiger partial charge in [0.2, 0.25) is 0 Å². The van der Waals surface area contributed by atoms with Crippen molar-refractivity contribution in [3.8, 4) is 11.8 Å². The Labute approximate surface area is 137 Å². The zero-order valence-electron chi connectivity index (χ0n) is 11.6. The van der Waals surface area contributed by atoms with E-state index in [4.69, 9.17) is 11.6 Å². The molecule has 1 aliphatic heterocycles. The number of carbonyl (C=O) groups excluding carboxylic acids is 1. The summed E-state index contributed by atoms with van der Waals surface area (Å²) in [5.74, 6) is 1.15. The molecule has 0 bridgehead atoms. The maximum absolute atomic E-state index is 12.3. The highest BCUT2D eigenvalue weighted by atomic mass is 35.5. The molecule has 22 heavy (non-hydrogen) atoms. The molecule has 0 radical (unpaired) electrons. The summed E-state index contributed by atoms with van der Waals surface area (Å²) in [6.45, 7) is 0. The molecule has 1 aromatic carbocycles. The van der Waals surface area contributed by atoms with Crippen LogP contribution in [0.25, 0.3) is 5.69 Å². The molecule has 1 saturated heterocycles. The zero-order valence-corrected chi connectivity index (χ0v) is 13.2. The lowest BCUT2D eigenvalue weighted by molar-refractivity contribution is 0.0920. The minimum absolute atomic E-state index is 0.270. The molecule has 1 amide bonds. The Bertz CT molecular complexity index is 746. The van der Waals surface area contributed by atoms with E-state index in [2.05, 4.69) is 16.5 Å². The molecular formula is C15H13ClN4OS. The number of benzene rings is 1. The average Bonchev–Trinajstić information content (AvgIpc) is 3.17. The average molecular weight is 333 g/mol. The van der Waals surface area contributed by atoms with Crippen LogP contribution in [0.4, 0.5) is 0 Å². The van der Waals surface area contributed by atoms with E-state index in [1.165, 1.54) is 0 Å². The second-order valence-electron chi connectivity index (χ2n) is 5.05. The quantitative estimate of drug-likeness (QED) is 0.938. The van der Waals surface area contributed by atoms with Crippen molar-refractivity contribution < 1.29 is 4.79 Å². The van der Waals surface area contributed by atoms with Crippen LogP contribution in [0.3, 0.4) is 0 Å². The molecule has 7 heteroatoms. The molecule has 112 valence electrons. The van der Waals surface area contributed by atoms with Gasteiger partial charge in [-0.15, -0.1) is 0 Å². The fraction of sp³-hybridized carbons (Fsp3) is 0.267. The third-order valence-corrected chi connectivity index (χ3v) is 5.02. The smallest absolute Gasteiger partial charge is 0.273 e. The van der Waals surface area contributed by atoms with Crippen molar-refractivity contribution in [1.82, 2.24) is 15.1 Å². The lowest BCUT2D eigenvalue weighted by atomic mass is 10.0. The number of aromatic nitrogens is 2. The van der Waals surface area contributed by atoms with Crippen LogP contribution in [0.1, 0.15) is 16.9 Å². The summed E-state index contributed by atoms with van der Waals surface area (Å²) in [7, 11) is 0. The van der Waals surface area contributed by atoms with E-state index in [9.17, 15) is 10.1 Å². The Morgan fingerprint density at radius 1 is 1.45 bits per heavy atom. The number of hydrogen-bond donors (Lipinski definition) is 1. The normalized spacial score (nSPS) is 20.5. The summed E-state index contributed by atoms with van der Waals surface area (Å²) in [6, 6.07) is 11.1. The second-order valence-corrected chi connectivity index (χ2v) is 6.56. The number of nitrogens with zero attached hydrogens (tertiary/aromatic N) is 3. The first-order chi connectivity index (χ1) is 10.6. The van der Waals surface area contributed by atoms with Gasteiger partial charge < -0.3 is 5.32 Å². The van der Waals surface area contributed by atoms with Crippen LogP contribution in [0.5, 0.6) is 0 Å². The van der Waals surface area contributed by atoms with Gasteiger partial charge in [0.15, 0.2) is 5.69 Å². The number of amides is 1. The summed E-state index contributed by atoms with van der Waals surface area (Å²) >= 11 is 7.79. The Morgan fingerprint density at radius 2 is 2.27 bits per heavy atom. The third-order valence-electron chi connectivity index (χ3n) is 3.51. The molecule has 1 aromatic heterocycles. The molecule has 1 atom stereocenters. The van der Waals surface area contributed by atoms with Crippen LogP contribution in [0.15, 0.2) is 36.5 Å². The van der Waals surface area contributed by atoms with Gasteiger partial charge >= 0.3 is 0 Å². The van der Waals surface area contributed by atoms with Crippen molar-refractivity contribution in [1.29, 1.82) is 5.26 Å².